The number of amides is 1. The van der Waals surface area contributed by atoms with Crippen LogP contribution in [0.15, 0.2) is 17.3 Å². The molecule has 112 valence electrons. The Labute approximate surface area is 123 Å². The fraction of sp³-hybridized carbons (Fsp3) is 0.467. The van der Waals surface area contributed by atoms with Crippen molar-refractivity contribution in [1.29, 1.82) is 0 Å². The molecule has 0 aliphatic carbocycles. The van der Waals surface area contributed by atoms with Crippen LogP contribution in [0.25, 0.3) is 0 Å². The standard InChI is InChI=1S/C15H19N3O3/c1-5-9-6-10(11(13(19)20)16-7-9)12-17-14(21)15(4,18-12)8(2)3/h6-8H,5H2,1-4H3,(H,19,20)(H,17,18,21). The third kappa shape index (κ3) is 2.53. The number of carbonyl (C=O) groups is 2. The Kier molecular flexibility index (Phi) is 3.80. The molecular formula is C15H19N3O3. The van der Waals surface area contributed by atoms with Gasteiger partial charge < -0.3 is 10.4 Å². The Bertz CT molecular complexity index is 637. The van der Waals surface area contributed by atoms with E-state index >= 15 is 0 Å². The molecule has 1 aliphatic heterocycles. The van der Waals surface area contributed by atoms with E-state index in [1.165, 1.54) is 6.20 Å². The van der Waals surface area contributed by atoms with Crippen LogP contribution in [0.3, 0.4) is 0 Å². The summed E-state index contributed by atoms with van der Waals surface area (Å²) < 4.78 is 0. The van der Waals surface area contributed by atoms with E-state index in [2.05, 4.69) is 15.3 Å². The monoisotopic (exact) mass is 289 g/mol. The third-order valence-corrected chi connectivity index (χ3v) is 3.97. The van der Waals surface area contributed by atoms with E-state index < -0.39 is 11.5 Å². The topological polar surface area (TPSA) is 91.7 Å². The average molecular weight is 289 g/mol. The lowest BCUT2D eigenvalue weighted by Crippen LogP contribution is -2.41. The number of carboxylic acid groups (broad SMARTS) is 1. The van der Waals surface area contributed by atoms with Gasteiger partial charge in [-0.2, -0.15) is 0 Å². The van der Waals surface area contributed by atoms with Crippen molar-refractivity contribution >= 4 is 17.7 Å². The van der Waals surface area contributed by atoms with Crippen LogP contribution in [-0.4, -0.2) is 33.3 Å². The minimum Gasteiger partial charge on any atom is -0.476 e. The van der Waals surface area contributed by atoms with E-state index in [4.69, 9.17) is 0 Å². The zero-order chi connectivity index (χ0) is 15.8. The van der Waals surface area contributed by atoms with Crippen molar-refractivity contribution in [2.75, 3.05) is 0 Å². The number of aromatic nitrogens is 1. The summed E-state index contributed by atoms with van der Waals surface area (Å²) >= 11 is 0. The second-order valence-electron chi connectivity index (χ2n) is 5.62. The summed E-state index contributed by atoms with van der Waals surface area (Å²) in [7, 11) is 0. The number of carbonyl (C=O) groups excluding carboxylic acids is 1. The fourth-order valence-electron chi connectivity index (χ4n) is 2.12. The first-order valence-corrected chi connectivity index (χ1v) is 6.93. The van der Waals surface area contributed by atoms with Gasteiger partial charge in [-0.3, -0.25) is 9.79 Å². The average Bonchev–Trinajstić information content (AvgIpc) is 2.75. The molecule has 2 rings (SSSR count). The van der Waals surface area contributed by atoms with Crippen molar-refractivity contribution in [1.82, 2.24) is 10.3 Å². The van der Waals surface area contributed by atoms with Crippen molar-refractivity contribution in [3.05, 3.63) is 29.1 Å². The summed E-state index contributed by atoms with van der Waals surface area (Å²) in [4.78, 5) is 31.9. The molecule has 0 aromatic carbocycles. The number of hydrogen-bond donors (Lipinski definition) is 2. The maximum absolute atomic E-state index is 12.2. The summed E-state index contributed by atoms with van der Waals surface area (Å²) in [5.41, 5.74) is 0.275. The summed E-state index contributed by atoms with van der Waals surface area (Å²) in [6.45, 7) is 7.52. The molecule has 0 saturated heterocycles. The molecule has 6 heteroatoms. The number of carboxylic acids is 1. The van der Waals surface area contributed by atoms with Gasteiger partial charge in [0.25, 0.3) is 5.91 Å². The van der Waals surface area contributed by atoms with Crippen molar-refractivity contribution in [2.24, 2.45) is 10.9 Å². The van der Waals surface area contributed by atoms with Crippen molar-refractivity contribution in [2.45, 2.75) is 39.7 Å². The number of hydrogen-bond acceptors (Lipinski definition) is 4. The van der Waals surface area contributed by atoms with E-state index in [1.54, 1.807) is 13.0 Å². The number of aliphatic imine (C=N–C) groups is 1. The molecule has 0 spiro atoms. The molecular weight excluding hydrogens is 270 g/mol. The normalized spacial score (nSPS) is 21.4. The molecule has 0 radical (unpaired) electrons. The molecule has 21 heavy (non-hydrogen) atoms. The van der Waals surface area contributed by atoms with Crippen molar-refractivity contribution in [3.8, 4) is 0 Å². The van der Waals surface area contributed by atoms with Crippen LogP contribution < -0.4 is 5.32 Å². The Morgan fingerprint density at radius 1 is 1.48 bits per heavy atom. The largest absolute Gasteiger partial charge is 0.476 e. The van der Waals surface area contributed by atoms with Gasteiger partial charge in [-0.15, -0.1) is 0 Å². The number of aromatic carboxylic acids is 1. The lowest BCUT2D eigenvalue weighted by Gasteiger charge is -2.21. The fourth-order valence-corrected chi connectivity index (χ4v) is 2.12. The summed E-state index contributed by atoms with van der Waals surface area (Å²) in [5.74, 6) is -1.06. The molecule has 2 N–H and O–H groups in total. The molecule has 0 fully saturated rings. The van der Waals surface area contributed by atoms with Crippen LogP contribution in [0, 0.1) is 5.92 Å². The lowest BCUT2D eigenvalue weighted by molar-refractivity contribution is -0.124. The predicted molar refractivity (Wildman–Crippen MR) is 78.5 cm³/mol. The van der Waals surface area contributed by atoms with E-state index in [1.807, 2.05) is 20.8 Å². The Balaban J connectivity index is 2.56. The molecule has 1 aromatic rings. The number of nitrogens with one attached hydrogen (secondary N) is 1. The van der Waals surface area contributed by atoms with Crippen molar-refractivity contribution in [3.63, 3.8) is 0 Å². The summed E-state index contributed by atoms with van der Waals surface area (Å²) in [6.07, 6.45) is 2.26. The molecule has 1 amide bonds. The number of nitrogens with zero attached hydrogens (tertiary/aromatic N) is 2. The minimum absolute atomic E-state index is 0.00518. The van der Waals surface area contributed by atoms with Crippen LogP contribution in [0.4, 0.5) is 0 Å². The molecule has 1 atom stereocenters. The number of aryl methyl sites for hydroxylation is 1. The van der Waals surface area contributed by atoms with Gasteiger partial charge in [-0.05, 0) is 30.9 Å². The van der Waals surface area contributed by atoms with Crippen LogP contribution in [-0.2, 0) is 11.2 Å². The molecule has 1 aromatic heterocycles. The van der Waals surface area contributed by atoms with Gasteiger partial charge in [-0.1, -0.05) is 20.8 Å². The maximum atomic E-state index is 12.2. The van der Waals surface area contributed by atoms with Gasteiger partial charge >= 0.3 is 5.97 Å². The smallest absolute Gasteiger partial charge is 0.355 e. The first-order valence-electron chi connectivity index (χ1n) is 6.93. The zero-order valence-electron chi connectivity index (χ0n) is 12.6. The Hall–Kier alpha value is -2.24. The van der Waals surface area contributed by atoms with E-state index in [9.17, 15) is 14.7 Å². The van der Waals surface area contributed by atoms with E-state index in [0.717, 1.165) is 12.0 Å². The van der Waals surface area contributed by atoms with Gasteiger partial charge in [-0.25, -0.2) is 9.78 Å². The van der Waals surface area contributed by atoms with Gasteiger partial charge in [0.2, 0.25) is 0 Å². The summed E-state index contributed by atoms with van der Waals surface area (Å²) in [5, 5.41) is 12.0. The SMILES string of the molecule is CCc1cnc(C(=O)O)c(C2=NC(C)(C(C)C)C(=O)N2)c1. The van der Waals surface area contributed by atoms with Crippen LogP contribution in [0.1, 0.15) is 49.3 Å². The van der Waals surface area contributed by atoms with Crippen LogP contribution >= 0.6 is 0 Å². The minimum atomic E-state index is -1.14. The maximum Gasteiger partial charge on any atom is 0.355 e. The van der Waals surface area contributed by atoms with Crippen molar-refractivity contribution < 1.29 is 14.7 Å². The Morgan fingerprint density at radius 3 is 2.62 bits per heavy atom. The van der Waals surface area contributed by atoms with Gasteiger partial charge in [0, 0.05) is 6.20 Å². The number of pyridine rings is 1. The second kappa shape index (κ2) is 5.27. The van der Waals surface area contributed by atoms with Gasteiger partial charge in [0.1, 0.15) is 11.4 Å². The lowest BCUT2D eigenvalue weighted by atomic mass is 9.89. The molecule has 1 aliphatic rings. The molecule has 0 saturated carbocycles. The molecule has 0 bridgehead atoms. The summed E-state index contributed by atoms with van der Waals surface area (Å²) in [6, 6.07) is 1.72. The molecule has 6 nitrogen and oxygen atoms in total. The predicted octanol–water partition coefficient (Wildman–Crippen LogP) is 1.63. The quantitative estimate of drug-likeness (QED) is 0.881. The van der Waals surface area contributed by atoms with Gasteiger partial charge in [0.15, 0.2) is 5.69 Å². The van der Waals surface area contributed by atoms with Crippen LogP contribution in [0.5, 0.6) is 0 Å². The highest BCUT2D eigenvalue weighted by Gasteiger charge is 2.42. The number of amidine groups is 1. The Morgan fingerprint density at radius 2 is 2.14 bits per heavy atom. The highest BCUT2D eigenvalue weighted by atomic mass is 16.4. The van der Waals surface area contributed by atoms with E-state index in [0.29, 0.717) is 5.56 Å². The zero-order valence-corrected chi connectivity index (χ0v) is 12.6. The van der Waals surface area contributed by atoms with Gasteiger partial charge in [0.05, 0.1) is 5.56 Å². The first-order chi connectivity index (χ1) is 9.79. The molecule has 2 heterocycles. The highest BCUT2D eigenvalue weighted by Crippen LogP contribution is 2.27. The molecule has 1 unspecified atom stereocenters. The van der Waals surface area contributed by atoms with Crippen LogP contribution in [0.2, 0.25) is 0 Å². The first kappa shape index (κ1) is 15.2. The second-order valence-corrected chi connectivity index (χ2v) is 5.62. The van der Waals surface area contributed by atoms with E-state index in [-0.39, 0.29) is 23.4 Å². The number of rotatable bonds is 4. The third-order valence-electron chi connectivity index (χ3n) is 3.97. The highest BCUT2D eigenvalue weighted by molar-refractivity contribution is 6.18.